The van der Waals surface area contributed by atoms with E-state index in [4.69, 9.17) is 21.7 Å². The van der Waals surface area contributed by atoms with E-state index in [1.165, 1.54) is 11.1 Å². The Balaban J connectivity index is 1.27. The molecule has 0 spiro atoms. The summed E-state index contributed by atoms with van der Waals surface area (Å²) < 4.78 is 10.6. The first kappa shape index (κ1) is 20.9. The highest BCUT2D eigenvalue weighted by atomic mass is 32.1. The summed E-state index contributed by atoms with van der Waals surface area (Å²) in [5.74, 6) is -0.171. The molecular weight excluding hydrogens is 402 g/mol. The van der Waals surface area contributed by atoms with E-state index in [9.17, 15) is 9.59 Å². The maximum absolute atomic E-state index is 12.6. The minimum Gasteiger partial charge on any atom is -0.466 e. The molecule has 7 nitrogen and oxygen atoms in total. The number of hydrogen-bond acceptors (Lipinski definition) is 5. The van der Waals surface area contributed by atoms with Crippen molar-refractivity contribution in [1.29, 1.82) is 0 Å². The maximum atomic E-state index is 12.6. The highest BCUT2D eigenvalue weighted by Gasteiger charge is 2.50. The normalized spacial score (nSPS) is 23.0. The molecule has 162 valence electrons. The first-order chi connectivity index (χ1) is 14.6. The number of amides is 1. The van der Waals surface area contributed by atoms with Crippen LogP contribution in [0.3, 0.4) is 0 Å². The van der Waals surface area contributed by atoms with Gasteiger partial charge in [-0.3, -0.25) is 9.69 Å². The third-order valence-electron chi connectivity index (χ3n) is 6.19. The van der Waals surface area contributed by atoms with Crippen molar-refractivity contribution < 1.29 is 19.1 Å². The van der Waals surface area contributed by atoms with Crippen molar-refractivity contribution in [1.82, 2.24) is 15.1 Å². The minimum absolute atomic E-state index is 0.0400. The van der Waals surface area contributed by atoms with Crippen molar-refractivity contribution in [3.63, 3.8) is 0 Å². The van der Waals surface area contributed by atoms with Crippen LogP contribution in [0.15, 0.2) is 24.3 Å². The predicted molar refractivity (Wildman–Crippen MR) is 116 cm³/mol. The highest BCUT2D eigenvalue weighted by Crippen LogP contribution is 2.44. The third kappa shape index (κ3) is 4.24. The molecule has 2 atom stereocenters. The molecule has 8 heteroatoms. The first-order valence-electron chi connectivity index (χ1n) is 10.8. The van der Waals surface area contributed by atoms with Crippen molar-refractivity contribution in [2.45, 2.75) is 57.2 Å². The number of benzene rings is 1. The molecule has 2 unspecified atom stereocenters. The molecule has 30 heavy (non-hydrogen) atoms. The summed E-state index contributed by atoms with van der Waals surface area (Å²) in [6.07, 6.45) is 3.38. The fourth-order valence-electron chi connectivity index (χ4n) is 4.77. The number of fused-ring (bicyclic) bond motifs is 3. The number of carbonyl (C=O) groups is 2. The number of esters is 1. The van der Waals surface area contributed by atoms with E-state index in [0.29, 0.717) is 31.1 Å². The summed E-state index contributed by atoms with van der Waals surface area (Å²) in [6, 6.07) is 8.55. The second-order valence-corrected chi connectivity index (χ2v) is 8.42. The number of piperidine rings is 1. The van der Waals surface area contributed by atoms with Gasteiger partial charge in [-0.25, -0.2) is 4.79 Å². The molecule has 1 amide bonds. The topological polar surface area (TPSA) is 71.1 Å². The van der Waals surface area contributed by atoms with Crippen molar-refractivity contribution >= 4 is 29.4 Å². The molecule has 2 aliphatic heterocycles. The van der Waals surface area contributed by atoms with Gasteiger partial charge in [0.15, 0.2) is 5.11 Å². The lowest BCUT2D eigenvalue weighted by molar-refractivity contribution is -0.143. The van der Waals surface area contributed by atoms with E-state index in [1.54, 1.807) is 0 Å². The largest absolute Gasteiger partial charge is 0.466 e. The number of likely N-dealkylation sites (tertiary alicyclic amines) is 1. The number of hydrogen-bond donors (Lipinski definition) is 1. The van der Waals surface area contributed by atoms with Crippen LogP contribution in [0.4, 0.5) is 4.79 Å². The molecule has 2 heterocycles. The second kappa shape index (κ2) is 9.20. The van der Waals surface area contributed by atoms with Gasteiger partial charge in [0.1, 0.15) is 6.10 Å². The predicted octanol–water partition coefficient (Wildman–Crippen LogP) is 2.79. The molecule has 0 saturated carbocycles. The van der Waals surface area contributed by atoms with E-state index >= 15 is 0 Å². The fourth-order valence-corrected chi connectivity index (χ4v) is 5.06. The Morgan fingerprint density at radius 2 is 2.07 bits per heavy atom. The summed E-state index contributed by atoms with van der Waals surface area (Å²) >= 11 is 5.52. The number of carbonyl (C=O) groups excluding carboxylic acids is 2. The number of nitrogens with one attached hydrogen (secondary N) is 1. The van der Waals surface area contributed by atoms with Crippen LogP contribution in [0.2, 0.25) is 0 Å². The molecule has 1 N–H and O–H groups in total. The maximum Gasteiger partial charge on any atom is 0.411 e. The molecule has 0 radical (unpaired) electrons. The molecule has 2 fully saturated rings. The lowest BCUT2D eigenvalue weighted by Gasteiger charge is -2.38. The standard InChI is InChI=1S/C22H29N3O4S/c1-2-28-19(26)8-5-11-23-21(30)24-12-9-16(10-13-24)25-20-17-7-4-3-6-15(17)14-18(20)29-22(25)27/h3-4,6-7,16,18,20H,2,5,8-14H2,1H3,(H,23,30). The van der Waals surface area contributed by atoms with Crippen molar-refractivity contribution in [2.24, 2.45) is 0 Å². The van der Waals surface area contributed by atoms with E-state index in [-0.39, 0.29) is 30.3 Å². The average molecular weight is 432 g/mol. The van der Waals surface area contributed by atoms with Gasteiger partial charge in [0.2, 0.25) is 0 Å². The summed E-state index contributed by atoms with van der Waals surface area (Å²) in [4.78, 5) is 28.1. The monoisotopic (exact) mass is 431 g/mol. The Morgan fingerprint density at radius 1 is 1.30 bits per heavy atom. The Hall–Kier alpha value is -2.35. The summed E-state index contributed by atoms with van der Waals surface area (Å²) in [6.45, 7) is 4.48. The quantitative estimate of drug-likeness (QED) is 0.422. The van der Waals surface area contributed by atoms with Crippen LogP contribution in [0.25, 0.3) is 0 Å². The van der Waals surface area contributed by atoms with Crippen molar-refractivity contribution in [3.05, 3.63) is 35.4 Å². The van der Waals surface area contributed by atoms with Gasteiger partial charge in [0.05, 0.1) is 12.6 Å². The SMILES string of the molecule is CCOC(=O)CCCNC(=S)N1CCC(N2C(=O)OC3Cc4ccccc4C32)CC1. The van der Waals surface area contributed by atoms with Gasteiger partial charge < -0.3 is 19.7 Å². The summed E-state index contributed by atoms with van der Waals surface area (Å²) in [7, 11) is 0. The zero-order valence-corrected chi connectivity index (χ0v) is 18.2. The fraction of sp³-hybridized carbons (Fsp3) is 0.591. The van der Waals surface area contributed by atoms with Crippen LogP contribution in [0.5, 0.6) is 0 Å². The molecule has 0 bridgehead atoms. The highest BCUT2D eigenvalue weighted by molar-refractivity contribution is 7.80. The third-order valence-corrected chi connectivity index (χ3v) is 6.60. The zero-order valence-electron chi connectivity index (χ0n) is 17.3. The number of ether oxygens (including phenoxy) is 2. The van der Waals surface area contributed by atoms with Gasteiger partial charge in [0.25, 0.3) is 0 Å². The van der Waals surface area contributed by atoms with Crippen LogP contribution in [-0.2, 0) is 20.7 Å². The molecule has 0 aromatic heterocycles. The summed E-state index contributed by atoms with van der Waals surface area (Å²) in [5.41, 5.74) is 2.52. The Bertz CT molecular complexity index is 809. The van der Waals surface area contributed by atoms with E-state index < -0.39 is 0 Å². The van der Waals surface area contributed by atoms with Crippen molar-refractivity contribution in [2.75, 3.05) is 26.2 Å². The first-order valence-corrected chi connectivity index (χ1v) is 11.2. The molecule has 2 saturated heterocycles. The molecule has 1 aromatic carbocycles. The van der Waals surface area contributed by atoms with Crippen LogP contribution in [0, 0.1) is 0 Å². The lowest BCUT2D eigenvalue weighted by atomic mass is 9.99. The van der Waals surface area contributed by atoms with Gasteiger partial charge in [-0.1, -0.05) is 24.3 Å². The van der Waals surface area contributed by atoms with Gasteiger partial charge in [-0.2, -0.15) is 0 Å². The van der Waals surface area contributed by atoms with Gasteiger partial charge in [-0.15, -0.1) is 0 Å². The van der Waals surface area contributed by atoms with Crippen LogP contribution in [0.1, 0.15) is 49.8 Å². The smallest absolute Gasteiger partial charge is 0.411 e. The molecule has 1 aromatic rings. The number of rotatable bonds is 6. The lowest BCUT2D eigenvalue weighted by Crippen LogP contribution is -2.50. The molecular formula is C22H29N3O4S. The number of thiocarbonyl (C=S) groups is 1. The van der Waals surface area contributed by atoms with E-state index in [2.05, 4.69) is 22.3 Å². The van der Waals surface area contributed by atoms with Crippen LogP contribution >= 0.6 is 12.2 Å². The van der Waals surface area contributed by atoms with Gasteiger partial charge in [-0.05, 0) is 49.5 Å². The molecule has 3 aliphatic rings. The average Bonchev–Trinajstić information content (AvgIpc) is 3.25. The van der Waals surface area contributed by atoms with E-state index in [1.807, 2.05) is 24.0 Å². The zero-order chi connectivity index (χ0) is 21.1. The minimum atomic E-state index is -0.183. The Kier molecular flexibility index (Phi) is 6.41. The summed E-state index contributed by atoms with van der Waals surface area (Å²) in [5, 5.41) is 3.95. The Morgan fingerprint density at radius 3 is 2.83 bits per heavy atom. The van der Waals surface area contributed by atoms with Gasteiger partial charge in [0, 0.05) is 38.5 Å². The molecule has 1 aliphatic carbocycles. The van der Waals surface area contributed by atoms with E-state index in [0.717, 1.165) is 32.4 Å². The van der Waals surface area contributed by atoms with Crippen LogP contribution in [-0.4, -0.2) is 65.4 Å². The van der Waals surface area contributed by atoms with Gasteiger partial charge >= 0.3 is 12.1 Å². The number of nitrogens with zero attached hydrogens (tertiary/aromatic N) is 2. The molecule has 4 rings (SSSR count). The van der Waals surface area contributed by atoms with Crippen molar-refractivity contribution in [3.8, 4) is 0 Å². The van der Waals surface area contributed by atoms with Crippen LogP contribution < -0.4 is 5.32 Å². The Labute approximate surface area is 182 Å². The second-order valence-electron chi connectivity index (χ2n) is 8.04.